The number of fused-ring (bicyclic) bond motifs is 1. The number of anilines is 1. The molecule has 4 rings (SSSR count). The molecular formula is C20H15N3O5. The van der Waals surface area contributed by atoms with Crippen molar-refractivity contribution in [3.05, 3.63) is 65.5 Å². The topological polar surface area (TPSA) is 107 Å². The quantitative estimate of drug-likeness (QED) is 0.539. The van der Waals surface area contributed by atoms with Gasteiger partial charge in [0.15, 0.2) is 5.76 Å². The number of pyridine rings is 1. The SMILES string of the molecule is COC(=O)c1ccccc1NC(=O)c1cc(-c2ccco2)nc2onc(C)c12. The van der Waals surface area contributed by atoms with Gasteiger partial charge in [-0.2, -0.15) is 0 Å². The molecule has 1 aromatic carbocycles. The van der Waals surface area contributed by atoms with E-state index in [-0.39, 0.29) is 11.3 Å². The fraction of sp³-hybridized carbons (Fsp3) is 0.100. The van der Waals surface area contributed by atoms with Crippen molar-refractivity contribution in [1.29, 1.82) is 0 Å². The number of esters is 1. The summed E-state index contributed by atoms with van der Waals surface area (Å²) in [5, 5.41) is 7.15. The summed E-state index contributed by atoms with van der Waals surface area (Å²) in [7, 11) is 1.28. The molecule has 0 aliphatic rings. The molecule has 3 aromatic heterocycles. The van der Waals surface area contributed by atoms with Gasteiger partial charge in [-0.15, -0.1) is 0 Å². The van der Waals surface area contributed by atoms with Crippen molar-refractivity contribution >= 4 is 28.7 Å². The van der Waals surface area contributed by atoms with Gasteiger partial charge in [0.1, 0.15) is 5.69 Å². The summed E-state index contributed by atoms with van der Waals surface area (Å²) in [6.07, 6.45) is 1.51. The first kappa shape index (κ1) is 17.5. The highest BCUT2D eigenvalue weighted by molar-refractivity contribution is 6.14. The van der Waals surface area contributed by atoms with E-state index in [0.717, 1.165) is 0 Å². The maximum Gasteiger partial charge on any atom is 0.339 e. The summed E-state index contributed by atoms with van der Waals surface area (Å²) in [5.74, 6) is -0.504. The van der Waals surface area contributed by atoms with Gasteiger partial charge in [-0.25, -0.2) is 9.78 Å². The predicted molar refractivity (Wildman–Crippen MR) is 100.0 cm³/mol. The second-order valence-electron chi connectivity index (χ2n) is 5.97. The van der Waals surface area contributed by atoms with Crippen LogP contribution in [0.3, 0.4) is 0 Å². The number of benzene rings is 1. The average molecular weight is 377 g/mol. The Morgan fingerprint density at radius 2 is 1.93 bits per heavy atom. The number of hydrogen-bond donors (Lipinski definition) is 1. The van der Waals surface area contributed by atoms with Crippen LogP contribution in [-0.2, 0) is 4.74 Å². The molecule has 0 aliphatic carbocycles. The van der Waals surface area contributed by atoms with E-state index in [1.807, 2.05) is 0 Å². The summed E-state index contributed by atoms with van der Waals surface area (Å²) in [5.41, 5.74) is 2.06. The minimum absolute atomic E-state index is 0.220. The van der Waals surface area contributed by atoms with Crippen LogP contribution in [0.4, 0.5) is 5.69 Å². The molecule has 8 nitrogen and oxygen atoms in total. The smallest absolute Gasteiger partial charge is 0.339 e. The Morgan fingerprint density at radius 3 is 2.68 bits per heavy atom. The molecule has 0 bridgehead atoms. The first-order chi connectivity index (χ1) is 13.6. The van der Waals surface area contributed by atoms with Crippen LogP contribution in [0.25, 0.3) is 22.6 Å². The van der Waals surface area contributed by atoms with Crippen molar-refractivity contribution in [2.24, 2.45) is 0 Å². The largest absolute Gasteiger partial charge is 0.465 e. The minimum atomic E-state index is -0.548. The van der Waals surface area contributed by atoms with Gasteiger partial charge in [0.05, 0.1) is 41.3 Å². The molecule has 28 heavy (non-hydrogen) atoms. The number of ether oxygens (including phenoxy) is 1. The molecule has 0 saturated heterocycles. The molecule has 0 spiro atoms. The zero-order valence-corrected chi connectivity index (χ0v) is 15.1. The Kier molecular flexibility index (Phi) is 4.36. The zero-order valence-electron chi connectivity index (χ0n) is 15.1. The number of nitrogens with zero attached hydrogens (tertiary/aromatic N) is 2. The Hall–Kier alpha value is -3.94. The van der Waals surface area contributed by atoms with Gasteiger partial charge >= 0.3 is 5.97 Å². The van der Waals surface area contributed by atoms with Crippen LogP contribution < -0.4 is 5.32 Å². The van der Waals surface area contributed by atoms with Crippen LogP contribution in [0.2, 0.25) is 0 Å². The molecule has 140 valence electrons. The fourth-order valence-corrected chi connectivity index (χ4v) is 2.89. The van der Waals surface area contributed by atoms with E-state index in [9.17, 15) is 9.59 Å². The maximum atomic E-state index is 13.1. The standard InChI is InChI=1S/C20H15N3O5/c1-11-17-13(10-15(16-8-5-9-27-16)22-19(17)28-23-11)18(24)21-14-7-4-3-6-12(14)20(25)26-2/h3-10H,1-2H3,(H,21,24). The molecular weight excluding hydrogens is 362 g/mol. The van der Waals surface area contributed by atoms with E-state index in [4.69, 9.17) is 13.7 Å². The van der Waals surface area contributed by atoms with E-state index >= 15 is 0 Å². The van der Waals surface area contributed by atoms with Gasteiger partial charge < -0.3 is 19.0 Å². The second-order valence-corrected chi connectivity index (χ2v) is 5.97. The van der Waals surface area contributed by atoms with Gasteiger partial charge in [-0.05, 0) is 37.3 Å². The number of nitrogens with one attached hydrogen (secondary N) is 1. The Labute approximate surface area is 159 Å². The zero-order chi connectivity index (χ0) is 19.7. The van der Waals surface area contributed by atoms with E-state index in [1.54, 1.807) is 49.4 Å². The van der Waals surface area contributed by atoms with Crippen molar-refractivity contribution < 1.29 is 23.3 Å². The summed E-state index contributed by atoms with van der Waals surface area (Å²) in [6.45, 7) is 1.72. The van der Waals surface area contributed by atoms with Gasteiger partial charge in [0.2, 0.25) is 0 Å². The predicted octanol–water partition coefficient (Wildman–Crippen LogP) is 3.83. The van der Waals surface area contributed by atoms with E-state index in [2.05, 4.69) is 15.5 Å². The van der Waals surface area contributed by atoms with Crippen LogP contribution in [-0.4, -0.2) is 29.1 Å². The van der Waals surface area contributed by atoms with Crippen LogP contribution >= 0.6 is 0 Å². The summed E-state index contributed by atoms with van der Waals surface area (Å²) >= 11 is 0. The van der Waals surface area contributed by atoms with E-state index < -0.39 is 11.9 Å². The van der Waals surface area contributed by atoms with Crippen LogP contribution in [0.1, 0.15) is 26.4 Å². The Bertz CT molecular complexity index is 1180. The molecule has 0 aliphatic heterocycles. The molecule has 0 unspecified atom stereocenters. The fourth-order valence-electron chi connectivity index (χ4n) is 2.89. The molecule has 1 amide bonds. The number of carbonyl (C=O) groups excluding carboxylic acids is 2. The van der Waals surface area contributed by atoms with Gasteiger partial charge in [-0.3, -0.25) is 4.79 Å². The summed E-state index contributed by atoms with van der Waals surface area (Å²) in [4.78, 5) is 29.4. The van der Waals surface area contributed by atoms with Gasteiger partial charge in [0, 0.05) is 0 Å². The number of aryl methyl sites for hydroxylation is 1. The van der Waals surface area contributed by atoms with Crippen molar-refractivity contribution in [2.75, 3.05) is 12.4 Å². The lowest BCUT2D eigenvalue weighted by Gasteiger charge is -2.10. The lowest BCUT2D eigenvalue weighted by Crippen LogP contribution is -2.16. The Morgan fingerprint density at radius 1 is 1.11 bits per heavy atom. The molecule has 0 radical (unpaired) electrons. The number of aromatic nitrogens is 2. The second kappa shape index (κ2) is 6.99. The number of hydrogen-bond acceptors (Lipinski definition) is 7. The van der Waals surface area contributed by atoms with Crippen molar-refractivity contribution in [1.82, 2.24) is 10.1 Å². The lowest BCUT2D eigenvalue weighted by molar-refractivity contribution is 0.0602. The van der Waals surface area contributed by atoms with Crippen LogP contribution in [0.15, 0.2) is 57.7 Å². The van der Waals surface area contributed by atoms with Gasteiger partial charge in [0.25, 0.3) is 11.6 Å². The molecule has 8 heteroatoms. The molecule has 3 heterocycles. The highest BCUT2D eigenvalue weighted by Gasteiger charge is 2.21. The molecule has 1 N–H and O–H groups in total. The number of amides is 1. The first-order valence-corrected chi connectivity index (χ1v) is 8.38. The molecule has 4 aromatic rings. The number of para-hydroxylation sites is 1. The number of methoxy groups -OCH3 is 1. The van der Waals surface area contributed by atoms with E-state index in [0.29, 0.717) is 33.8 Å². The Balaban J connectivity index is 1.80. The van der Waals surface area contributed by atoms with Crippen molar-refractivity contribution in [3.63, 3.8) is 0 Å². The molecule has 0 atom stereocenters. The third-order valence-electron chi connectivity index (χ3n) is 4.22. The van der Waals surface area contributed by atoms with Gasteiger partial charge in [-0.1, -0.05) is 17.3 Å². The normalized spacial score (nSPS) is 10.8. The lowest BCUT2D eigenvalue weighted by atomic mass is 10.1. The highest BCUT2D eigenvalue weighted by Crippen LogP contribution is 2.28. The molecule has 0 saturated carbocycles. The maximum absolute atomic E-state index is 13.1. The first-order valence-electron chi connectivity index (χ1n) is 8.38. The number of furan rings is 1. The minimum Gasteiger partial charge on any atom is -0.465 e. The summed E-state index contributed by atoms with van der Waals surface area (Å²) < 4.78 is 15.4. The van der Waals surface area contributed by atoms with E-state index in [1.165, 1.54) is 13.4 Å². The summed E-state index contributed by atoms with van der Waals surface area (Å²) in [6, 6.07) is 11.6. The average Bonchev–Trinajstić information content (AvgIpc) is 3.37. The molecule has 0 fully saturated rings. The van der Waals surface area contributed by atoms with Crippen molar-refractivity contribution in [2.45, 2.75) is 6.92 Å². The van der Waals surface area contributed by atoms with Crippen LogP contribution in [0, 0.1) is 6.92 Å². The van der Waals surface area contributed by atoms with Crippen LogP contribution in [0.5, 0.6) is 0 Å². The third kappa shape index (κ3) is 3.01. The number of carbonyl (C=O) groups is 2. The number of rotatable bonds is 4. The highest BCUT2D eigenvalue weighted by atomic mass is 16.5. The van der Waals surface area contributed by atoms with Crippen molar-refractivity contribution in [3.8, 4) is 11.5 Å². The third-order valence-corrected chi connectivity index (χ3v) is 4.22. The monoisotopic (exact) mass is 377 g/mol.